The fourth-order valence-corrected chi connectivity index (χ4v) is 2.72. The van der Waals surface area contributed by atoms with Gasteiger partial charge in [0.05, 0.1) is 0 Å². The quantitative estimate of drug-likeness (QED) is 0.600. The highest BCUT2D eigenvalue weighted by molar-refractivity contribution is 6.05. The molecule has 2 aromatic carbocycles. The lowest BCUT2D eigenvalue weighted by Gasteiger charge is -2.11. The fraction of sp³-hybridized carbons (Fsp3) is 0.130. The van der Waals surface area contributed by atoms with Gasteiger partial charge in [0.25, 0.3) is 11.8 Å². The summed E-state index contributed by atoms with van der Waals surface area (Å²) >= 11 is 0. The lowest BCUT2D eigenvalue weighted by atomic mass is 10.1. The number of amides is 2. The molecule has 0 aliphatic rings. The number of hydrogen-bond acceptors (Lipinski definition) is 3. The maximum absolute atomic E-state index is 13.3. The number of furan rings is 1. The predicted molar refractivity (Wildman–Crippen MR) is 108 cm³/mol. The van der Waals surface area contributed by atoms with E-state index in [1.165, 1.54) is 18.2 Å². The van der Waals surface area contributed by atoms with Crippen molar-refractivity contribution in [2.24, 2.45) is 0 Å². The molecule has 2 N–H and O–H groups in total. The van der Waals surface area contributed by atoms with Crippen molar-refractivity contribution in [1.29, 1.82) is 0 Å². The van der Waals surface area contributed by atoms with E-state index in [-0.39, 0.29) is 18.1 Å². The standard InChI is InChI=1S/C23H21FN2O3/c1-16-10-11-20(29-16)15-21(26-22(27)18-7-3-2-4-8-18)23(28)25-13-12-17-6-5-9-19(24)14-17/h2-11,14-15H,12-13H2,1H3,(H,25,28)(H,26,27)/b21-15+. The van der Waals surface area contributed by atoms with Crippen LogP contribution in [0.2, 0.25) is 0 Å². The second kappa shape index (κ2) is 9.50. The molecular formula is C23H21FN2O3. The normalized spacial score (nSPS) is 11.2. The van der Waals surface area contributed by atoms with Crippen molar-refractivity contribution in [2.45, 2.75) is 13.3 Å². The Morgan fingerprint density at radius 1 is 1.03 bits per heavy atom. The van der Waals surface area contributed by atoms with E-state index in [2.05, 4.69) is 10.6 Å². The maximum Gasteiger partial charge on any atom is 0.267 e. The first kappa shape index (κ1) is 20.1. The molecule has 6 heteroatoms. The third kappa shape index (κ3) is 5.90. The van der Waals surface area contributed by atoms with Gasteiger partial charge in [-0.3, -0.25) is 9.59 Å². The van der Waals surface area contributed by atoms with Crippen molar-refractivity contribution in [3.05, 3.63) is 101 Å². The van der Waals surface area contributed by atoms with Crippen LogP contribution in [0.1, 0.15) is 27.4 Å². The number of hydrogen-bond donors (Lipinski definition) is 2. The summed E-state index contributed by atoms with van der Waals surface area (Å²) in [7, 11) is 0. The van der Waals surface area contributed by atoms with Gasteiger partial charge < -0.3 is 15.1 Å². The number of halogens is 1. The molecule has 0 fully saturated rings. The molecule has 0 saturated heterocycles. The van der Waals surface area contributed by atoms with Crippen LogP contribution < -0.4 is 10.6 Å². The molecule has 0 unspecified atom stereocenters. The average Bonchev–Trinajstić information content (AvgIpc) is 3.13. The van der Waals surface area contributed by atoms with Crippen LogP contribution in [0.3, 0.4) is 0 Å². The van der Waals surface area contributed by atoms with Crippen LogP contribution in [0.25, 0.3) is 6.08 Å². The highest BCUT2D eigenvalue weighted by atomic mass is 19.1. The minimum absolute atomic E-state index is 0.0624. The minimum atomic E-state index is -0.459. The molecule has 29 heavy (non-hydrogen) atoms. The highest BCUT2D eigenvalue weighted by Crippen LogP contribution is 2.11. The number of carbonyl (C=O) groups is 2. The molecule has 0 saturated carbocycles. The van der Waals surface area contributed by atoms with Crippen LogP contribution in [0.5, 0.6) is 0 Å². The number of benzene rings is 2. The summed E-state index contributed by atoms with van der Waals surface area (Å²) in [5, 5.41) is 5.39. The molecule has 3 aromatic rings. The summed E-state index contributed by atoms with van der Waals surface area (Å²) in [5.74, 6) is -0.0412. The molecule has 0 aliphatic heterocycles. The minimum Gasteiger partial charge on any atom is -0.462 e. The van der Waals surface area contributed by atoms with Gasteiger partial charge in [0.2, 0.25) is 0 Å². The molecule has 0 bridgehead atoms. The topological polar surface area (TPSA) is 71.3 Å². The van der Waals surface area contributed by atoms with Crippen LogP contribution in [0.15, 0.2) is 76.8 Å². The SMILES string of the molecule is Cc1ccc(/C=C(/NC(=O)c2ccccc2)C(=O)NCCc2cccc(F)c2)o1. The molecule has 0 radical (unpaired) electrons. The molecule has 0 spiro atoms. The summed E-state index contributed by atoms with van der Waals surface area (Å²) in [6.07, 6.45) is 1.94. The highest BCUT2D eigenvalue weighted by Gasteiger charge is 2.15. The fourth-order valence-electron chi connectivity index (χ4n) is 2.72. The summed E-state index contributed by atoms with van der Waals surface area (Å²) in [4.78, 5) is 25.2. The molecule has 1 aromatic heterocycles. The maximum atomic E-state index is 13.3. The largest absolute Gasteiger partial charge is 0.462 e. The van der Waals surface area contributed by atoms with E-state index in [4.69, 9.17) is 4.42 Å². The number of aryl methyl sites for hydroxylation is 1. The molecule has 0 aliphatic carbocycles. The van der Waals surface area contributed by atoms with Gasteiger partial charge in [-0.15, -0.1) is 0 Å². The van der Waals surface area contributed by atoms with E-state index >= 15 is 0 Å². The van der Waals surface area contributed by atoms with Gasteiger partial charge in [-0.1, -0.05) is 30.3 Å². The van der Waals surface area contributed by atoms with E-state index in [0.29, 0.717) is 23.5 Å². The first-order chi connectivity index (χ1) is 14.0. The Hall–Kier alpha value is -3.67. The van der Waals surface area contributed by atoms with Gasteiger partial charge in [-0.05, 0) is 55.3 Å². The zero-order chi connectivity index (χ0) is 20.6. The van der Waals surface area contributed by atoms with E-state index in [1.54, 1.807) is 61.5 Å². The number of carbonyl (C=O) groups excluding carboxylic acids is 2. The summed E-state index contributed by atoms with van der Waals surface area (Å²) < 4.78 is 18.8. The van der Waals surface area contributed by atoms with Crippen molar-refractivity contribution in [1.82, 2.24) is 10.6 Å². The Balaban J connectivity index is 1.70. The predicted octanol–water partition coefficient (Wildman–Crippen LogP) is 3.86. The Kier molecular flexibility index (Phi) is 6.58. The van der Waals surface area contributed by atoms with Crippen LogP contribution in [0.4, 0.5) is 4.39 Å². The molecule has 2 amide bonds. The lowest BCUT2D eigenvalue weighted by Crippen LogP contribution is -2.35. The van der Waals surface area contributed by atoms with Gasteiger partial charge in [0.15, 0.2) is 0 Å². The molecule has 1 heterocycles. The van der Waals surface area contributed by atoms with E-state index in [9.17, 15) is 14.0 Å². The van der Waals surface area contributed by atoms with Crippen LogP contribution in [0, 0.1) is 12.7 Å². The van der Waals surface area contributed by atoms with Gasteiger partial charge in [0.1, 0.15) is 23.0 Å². The molecular weight excluding hydrogens is 371 g/mol. The number of rotatable bonds is 7. The van der Waals surface area contributed by atoms with Gasteiger partial charge in [-0.2, -0.15) is 0 Å². The van der Waals surface area contributed by atoms with Crippen LogP contribution >= 0.6 is 0 Å². The third-order valence-electron chi connectivity index (χ3n) is 4.16. The smallest absolute Gasteiger partial charge is 0.267 e. The third-order valence-corrected chi connectivity index (χ3v) is 4.16. The second-order valence-electron chi connectivity index (χ2n) is 6.46. The van der Waals surface area contributed by atoms with Crippen LogP contribution in [-0.2, 0) is 11.2 Å². The van der Waals surface area contributed by atoms with Crippen molar-refractivity contribution in [3.8, 4) is 0 Å². The van der Waals surface area contributed by atoms with E-state index in [1.807, 2.05) is 0 Å². The Morgan fingerprint density at radius 3 is 2.52 bits per heavy atom. The average molecular weight is 392 g/mol. The number of nitrogens with one attached hydrogen (secondary N) is 2. The monoisotopic (exact) mass is 392 g/mol. The zero-order valence-electron chi connectivity index (χ0n) is 15.9. The van der Waals surface area contributed by atoms with Gasteiger partial charge in [0, 0.05) is 18.2 Å². The van der Waals surface area contributed by atoms with E-state index < -0.39 is 11.8 Å². The molecule has 3 rings (SSSR count). The van der Waals surface area contributed by atoms with Crippen molar-refractivity contribution in [2.75, 3.05) is 6.54 Å². The molecule has 148 valence electrons. The lowest BCUT2D eigenvalue weighted by molar-refractivity contribution is -0.117. The van der Waals surface area contributed by atoms with E-state index in [0.717, 1.165) is 5.56 Å². The van der Waals surface area contributed by atoms with Gasteiger partial charge >= 0.3 is 0 Å². The Labute approximate surface area is 168 Å². The summed E-state index contributed by atoms with van der Waals surface area (Å²) in [5.41, 5.74) is 1.26. The van der Waals surface area contributed by atoms with Crippen molar-refractivity contribution in [3.63, 3.8) is 0 Å². The molecule has 0 atom stereocenters. The summed E-state index contributed by atoms with van der Waals surface area (Å²) in [6.45, 7) is 2.08. The summed E-state index contributed by atoms with van der Waals surface area (Å²) in [6, 6.07) is 18.3. The van der Waals surface area contributed by atoms with Crippen LogP contribution in [-0.4, -0.2) is 18.4 Å². The van der Waals surface area contributed by atoms with Crippen molar-refractivity contribution >= 4 is 17.9 Å². The molecule has 5 nitrogen and oxygen atoms in total. The first-order valence-electron chi connectivity index (χ1n) is 9.18. The Morgan fingerprint density at radius 2 is 1.83 bits per heavy atom. The van der Waals surface area contributed by atoms with Gasteiger partial charge in [-0.25, -0.2) is 4.39 Å². The van der Waals surface area contributed by atoms with Crippen molar-refractivity contribution < 1.29 is 18.4 Å². The zero-order valence-corrected chi connectivity index (χ0v) is 15.9. The first-order valence-corrected chi connectivity index (χ1v) is 9.18. The second-order valence-corrected chi connectivity index (χ2v) is 6.46. The Bertz CT molecular complexity index is 1030.